The normalized spacial score (nSPS) is 12.8. The highest BCUT2D eigenvalue weighted by molar-refractivity contribution is 6.32. The van der Waals surface area contributed by atoms with Gasteiger partial charge in [0.15, 0.2) is 0 Å². The Balaban J connectivity index is 1.93. The van der Waals surface area contributed by atoms with Crippen LogP contribution in [0.5, 0.6) is 0 Å². The number of aliphatic hydroxyl groups is 1. The second-order valence-corrected chi connectivity index (χ2v) is 8.61. The molecule has 0 saturated carbocycles. The zero-order valence-corrected chi connectivity index (χ0v) is 19.2. The molecule has 0 unspecified atom stereocenters. The number of alkyl halides is 6. The van der Waals surface area contributed by atoms with Gasteiger partial charge in [-0.3, -0.25) is 9.36 Å². The van der Waals surface area contributed by atoms with E-state index in [1.54, 1.807) is 37.3 Å². The van der Waals surface area contributed by atoms with E-state index < -0.39 is 29.1 Å². The van der Waals surface area contributed by atoms with Gasteiger partial charge in [-0.15, -0.1) is 0 Å². The summed E-state index contributed by atoms with van der Waals surface area (Å²) in [5.74, 6) is 0.188. The van der Waals surface area contributed by atoms with Gasteiger partial charge < -0.3 is 5.11 Å². The van der Waals surface area contributed by atoms with Gasteiger partial charge in [0.05, 0.1) is 16.6 Å². The van der Waals surface area contributed by atoms with E-state index >= 15 is 0 Å². The molecule has 0 radical (unpaired) electrons. The molecule has 0 fully saturated rings. The van der Waals surface area contributed by atoms with Crippen molar-refractivity contribution in [2.45, 2.75) is 31.3 Å². The van der Waals surface area contributed by atoms with Crippen LogP contribution in [-0.2, 0) is 12.0 Å². The first-order valence-corrected chi connectivity index (χ1v) is 10.8. The van der Waals surface area contributed by atoms with Gasteiger partial charge >= 0.3 is 12.4 Å². The Morgan fingerprint density at radius 1 is 0.917 bits per heavy atom. The minimum Gasteiger partial charge on any atom is -0.369 e. The SMILES string of the molecule is Cc1cc2c(=O)n(-c3ccc(C(O)(C(F)(F)F)C(F)(F)F)cc3)c(Cc3ccccc3)nc2cc1Cl. The largest absolute Gasteiger partial charge is 0.430 e. The second kappa shape index (κ2) is 8.94. The number of rotatable bonds is 4. The smallest absolute Gasteiger partial charge is 0.369 e. The molecule has 4 aromatic rings. The highest BCUT2D eigenvalue weighted by Crippen LogP contribution is 2.50. The molecule has 11 heteroatoms. The number of hydrogen-bond acceptors (Lipinski definition) is 3. The van der Waals surface area contributed by atoms with Crippen LogP contribution in [0.2, 0.25) is 5.02 Å². The van der Waals surface area contributed by atoms with E-state index in [9.17, 15) is 36.2 Å². The third-order valence-electron chi connectivity index (χ3n) is 5.79. The molecule has 0 aliphatic carbocycles. The zero-order chi connectivity index (χ0) is 26.5. The van der Waals surface area contributed by atoms with E-state index in [1.807, 2.05) is 0 Å². The number of benzene rings is 3. The minimum atomic E-state index is -6.02. The average molecular weight is 527 g/mol. The summed E-state index contributed by atoms with van der Waals surface area (Å²) in [6, 6.07) is 14.7. The number of aryl methyl sites for hydroxylation is 1. The maximum atomic E-state index is 13.5. The van der Waals surface area contributed by atoms with Crippen LogP contribution in [0.25, 0.3) is 16.6 Å². The van der Waals surface area contributed by atoms with E-state index in [0.717, 1.165) is 22.3 Å². The lowest BCUT2D eigenvalue weighted by atomic mass is 9.92. The number of hydrogen-bond donors (Lipinski definition) is 1. The van der Waals surface area contributed by atoms with E-state index in [0.29, 0.717) is 22.7 Å². The summed E-state index contributed by atoms with van der Waals surface area (Å²) >= 11 is 6.19. The molecule has 0 bridgehead atoms. The summed E-state index contributed by atoms with van der Waals surface area (Å²) in [7, 11) is 0. The highest BCUT2D eigenvalue weighted by Gasteiger charge is 2.71. The van der Waals surface area contributed by atoms with Crippen LogP contribution in [0.15, 0.2) is 71.5 Å². The summed E-state index contributed by atoms with van der Waals surface area (Å²) in [6.45, 7) is 1.67. The minimum absolute atomic E-state index is 0.0246. The summed E-state index contributed by atoms with van der Waals surface area (Å²) in [6.07, 6.45) is -11.9. The van der Waals surface area contributed by atoms with Crippen LogP contribution < -0.4 is 5.56 Å². The molecular formula is C25H17ClF6N2O2. The molecule has 188 valence electrons. The number of aromatic nitrogens is 2. The fourth-order valence-electron chi connectivity index (χ4n) is 3.86. The number of fused-ring (bicyclic) bond motifs is 1. The third kappa shape index (κ3) is 4.35. The monoisotopic (exact) mass is 526 g/mol. The highest BCUT2D eigenvalue weighted by atomic mass is 35.5. The lowest BCUT2D eigenvalue weighted by molar-refractivity contribution is -0.376. The topological polar surface area (TPSA) is 55.1 Å². The fraction of sp³-hybridized carbons (Fsp3) is 0.200. The maximum Gasteiger partial charge on any atom is 0.430 e. The molecule has 0 amide bonds. The molecule has 1 heterocycles. The van der Waals surface area contributed by atoms with Gasteiger partial charge in [-0.1, -0.05) is 54.1 Å². The van der Waals surface area contributed by atoms with Gasteiger partial charge in [-0.05, 0) is 42.3 Å². The van der Waals surface area contributed by atoms with E-state index in [4.69, 9.17) is 11.6 Å². The first kappa shape index (κ1) is 25.7. The Morgan fingerprint density at radius 2 is 1.50 bits per heavy atom. The lowest BCUT2D eigenvalue weighted by Crippen LogP contribution is -2.53. The number of nitrogens with zero attached hydrogens (tertiary/aromatic N) is 2. The molecule has 1 aromatic heterocycles. The Morgan fingerprint density at radius 3 is 2.06 bits per heavy atom. The quantitative estimate of drug-likeness (QED) is 0.320. The fourth-order valence-corrected chi connectivity index (χ4v) is 4.02. The first-order chi connectivity index (χ1) is 16.7. The molecule has 0 atom stereocenters. The van der Waals surface area contributed by atoms with Crippen LogP contribution in [0, 0.1) is 6.92 Å². The summed E-state index contributed by atoms with van der Waals surface area (Å²) in [5.41, 5.74) is -5.48. The molecule has 36 heavy (non-hydrogen) atoms. The van der Waals surface area contributed by atoms with E-state index in [-0.39, 0.29) is 28.8 Å². The van der Waals surface area contributed by atoms with Gasteiger partial charge in [0, 0.05) is 17.0 Å². The molecule has 4 nitrogen and oxygen atoms in total. The number of halogens is 7. The standard InChI is InChI=1S/C25H17ClF6N2O2/c1-14-11-18-20(13-19(14)26)33-21(12-15-5-3-2-4-6-15)34(22(18)35)17-9-7-16(8-10-17)23(36,24(27,28)29)25(30,31)32/h2-11,13,36H,12H2,1H3. The predicted molar refractivity (Wildman–Crippen MR) is 122 cm³/mol. The molecule has 0 saturated heterocycles. The van der Waals surface area contributed by atoms with Crippen molar-refractivity contribution < 1.29 is 31.4 Å². The first-order valence-electron chi connectivity index (χ1n) is 10.5. The second-order valence-electron chi connectivity index (χ2n) is 8.20. The van der Waals surface area contributed by atoms with Crippen molar-refractivity contribution in [3.63, 3.8) is 0 Å². The summed E-state index contributed by atoms with van der Waals surface area (Å²) in [4.78, 5) is 18.0. The molecule has 4 rings (SSSR count). The molecule has 0 aliphatic heterocycles. The van der Waals surface area contributed by atoms with Gasteiger partial charge in [0.25, 0.3) is 11.2 Å². The average Bonchev–Trinajstić information content (AvgIpc) is 2.80. The van der Waals surface area contributed by atoms with Crippen LogP contribution in [-0.4, -0.2) is 27.0 Å². The van der Waals surface area contributed by atoms with Crippen LogP contribution in [0.3, 0.4) is 0 Å². The third-order valence-corrected chi connectivity index (χ3v) is 6.19. The van der Waals surface area contributed by atoms with Crippen molar-refractivity contribution in [1.82, 2.24) is 9.55 Å². The van der Waals surface area contributed by atoms with Gasteiger partial charge in [0.2, 0.25) is 0 Å². The van der Waals surface area contributed by atoms with Gasteiger partial charge in [-0.25, -0.2) is 4.98 Å². The van der Waals surface area contributed by atoms with Crippen LogP contribution >= 0.6 is 11.6 Å². The molecular weight excluding hydrogens is 510 g/mol. The predicted octanol–water partition coefficient (Wildman–Crippen LogP) is 6.25. The molecule has 0 spiro atoms. The molecule has 0 aliphatic rings. The van der Waals surface area contributed by atoms with Crippen molar-refractivity contribution in [2.24, 2.45) is 0 Å². The Labute approximate surface area is 205 Å². The Hall–Kier alpha value is -3.37. The Kier molecular flexibility index (Phi) is 6.38. The lowest BCUT2D eigenvalue weighted by Gasteiger charge is -2.32. The Bertz CT molecular complexity index is 1470. The van der Waals surface area contributed by atoms with E-state index in [1.165, 1.54) is 12.1 Å². The van der Waals surface area contributed by atoms with Crippen molar-refractivity contribution in [3.8, 4) is 5.69 Å². The summed E-state index contributed by atoms with van der Waals surface area (Å²) in [5, 5.41) is 10.2. The van der Waals surface area contributed by atoms with Crippen molar-refractivity contribution in [3.05, 3.63) is 105 Å². The maximum absolute atomic E-state index is 13.5. The zero-order valence-electron chi connectivity index (χ0n) is 18.5. The van der Waals surface area contributed by atoms with Crippen molar-refractivity contribution in [2.75, 3.05) is 0 Å². The molecule has 3 aromatic carbocycles. The van der Waals surface area contributed by atoms with Gasteiger partial charge in [-0.2, -0.15) is 26.3 Å². The van der Waals surface area contributed by atoms with Crippen LogP contribution in [0.1, 0.15) is 22.5 Å². The van der Waals surface area contributed by atoms with Gasteiger partial charge in [0.1, 0.15) is 5.82 Å². The summed E-state index contributed by atoms with van der Waals surface area (Å²) < 4.78 is 80.8. The van der Waals surface area contributed by atoms with Crippen molar-refractivity contribution in [1.29, 1.82) is 0 Å². The van der Waals surface area contributed by atoms with E-state index in [2.05, 4.69) is 4.98 Å². The van der Waals surface area contributed by atoms with Crippen LogP contribution in [0.4, 0.5) is 26.3 Å². The molecule has 1 N–H and O–H groups in total. The van der Waals surface area contributed by atoms with Crippen molar-refractivity contribution >= 4 is 22.5 Å².